The molecule has 6 nitrogen and oxygen atoms in total. The van der Waals surface area contributed by atoms with Crippen molar-refractivity contribution >= 4 is 12.2 Å². The number of nitrogens with one attached hydrogen (secondary N) is 1. The number of rotatable bonds is 2. The number of para-hydroxylation sites is 2. The fourth-order valence-corrected chi connectivity index (χ4v) is 2.29. The third-order valence-corrected chi connectivity index (χ3v) is 3.29. The Morgan fingerprint density at radius 3 is 2.48 bits per heavy atom. The molecule has 0 radical (unpaired) electrons. The zero-order valence-corrected chi connectivity index (χ0v) is 11.5. The van der Waals surface area contributed by atoms with Gasteiger partial charge in [0.05, 0.1) is 11.3 Å². The first-order valence-electron chi connectivity index (χ1n) is 6.06. The Morgan fingerprint density at radius 2 is 1.76 bits per heavy atom. The van der Waals surface area contributed by atoms with E-state index in [1.807, 2.05) is 0 Å². The molecule has 0 fully saturated rings. The third-order valence-electron chi connectivity index (χ3n) is 3.02. The molecule has 0 aliphatic rings. The highest BCUT2D eigenvalue weighted by molar-refractivity contribution is 7.71. The predicted molar refractivity (Wildman–Crippen MR) is 79.2 cm³/mol. The van der Waals surface area contributed by atoms with E-state index in [0.717, 1.165) is 0 Å². The Morgan fingerprint density at radius 1 is 1.00 bits per heavy atom. The van der Waals surface area contributed by atoms with Crippen molar-refractivity contribution in [2.75, 3.05) is 0 Å². The van der Waals surface area contributed by atoms with Gasteiger partial charge >= 0.3 is 0 Å². The van der Waals surface area contributed by atoms with Crippen molar-refractivity contribution in [3.63, 3.8) is 0 Å². The summed E-state index contributed by atoms with van der Waals surface area (Å²) in [7, 11) is 0. The molecule has 3 aromatic rings. The summed E-state index contributed by atoms with van der Waals surface area (Å²) in [6.45, 7) is 0. The maximum atomic E-state index is 9.98. The highest BCUT2D eigenvalue weighted by atomic mass is 32.1. The summed E-state index contributed by atoms with van der Waals surface area (Å²) >= 11 is 5.19. The lowest BCUT2D eigenvalue weighted by Gasteiger charge is -2.09. The van der Waals surface area contributed by atoms with E-state index in [-0.39, 0.29) is 22.0 Å². The molecule has 2 aromatic carbocycles. The van der Waals surface area contributed by atoms with Gasteiger partial charge in [-0.05, 0) is 36.5 Å². The number of aromatic amines is 1. The molecule has 0 aliphatic heterocycles. The van der Waals surface area contributed by atoms with Gasteiger partial charge in [0.15, 0.2) is 10.6 Å². The lowest BCUT2D eigenvalue weighted by Crippen LogP contribution is -1.98. The summed E-state index contributed by atoms with van der Waals surface area (Å²) in [5, 5.41) is 36.0. The van der Waals surface area contributed by atoms with Crippen LogP contribution in [0.4, 0.5) is 0 Å². The molecule has 0 atom stereocenters. The molecule has 0 saturated carbocycles. The fourth-order valence-electron chi connectivity index (χ4n) is 2.06. The van der Waals surface area contributed by atoms with E-state index in [1.54, 1.807) is 18.2 Å². The molecular formula is C14H11N3O3S. The molecule has 0 aliphatic carbocycles. The van der Waals surface area contributed by atoms with Crippen LogP contribution < -0.4 is 0 Å². The maximum Gasteiger partial charge on any atom is 0.200 e. The van der Waals surface area contributed by atoms with E-state index >= 15 is 0 Å². The fraction of sp³-hybridized carbons (Fsp3) is 0. The highest BCUT2D eigenvalue weighted by Gasteiger charge is 2.16. The van der Waals surface area contributed by atoms with Gasteiger partial charge < -0.3 is 15.3 Å². The molecule has 0 bridgehead atoms. The Labute approximate surface area is 124 Å². The smallest absolute Gasteiger partial charge is 0.200 e. The van der Waals surface area contributed by atoms with E-state index in [9.17, 15) is 15.3 Å². The second-order valence-electron chi connectivity index (χ2n) is 4.38. The van der Waals surface area contributed by atoms with Crippen LogP contribution in [-0.4, -0.2) is 30.1 Å². The van der Waals surface area contributed by atoms with Crippen molar-refractivity contribution in [2.45, 2.75) is 0 Å². The molecule has 21 heavy (non-hydrogen) atoms. The minimum Gasteiger partial charge on any atom is -0.508 e. The van der Waals surface area contributed by atoms with Crippen LogP contribution in [0.25, 0.3) is 17.1 Å². The van der Waals surface area contributed by atoms with Crippen LogP contribution in [0.2, 0.25) is 0 Å². The van der Waals surface area contributed by atoms with Crippen LogP contribution in [0, 0.1) is 4.77 Å². The summed E-state index contributed by atoms with van der Waals surface area (Å²) in [6, 6.07) is 10.8. The molecule has 3 rings (SSSR count). The van der Waals surface area contributed by atoms with Crippen LogP contribution in [0.5, 0.6) is 17.2 Å². The molecule has 0 saturated heterocycles. The number of phenols is 3. The van der Waals surface area contributed by atoms with Gasteiger partial charge in [0, 0.05) is 6.07 Å². The quantitative estimate of drug-likeness (QED) is 0.546. The average molecular weight is 301 g/mol. The molecule has 106 valence electrons. The molecule has 1 aromatic heterocycles. The summed E-state index contributed by atoms with van der Waals surface area (Å²) in [5.74, 6) is 0.175. The number of hydrogen-bond acceptors (Lipinski definition) is 5. The van der Waals surface area contributed by atoms with Gasteiger partial charge in [0.2, 0.25) is 0 Å². The molecule has 7 heteroatoms. The number of aromatic nitrogens is 3. The third kappa shape index (κ3) is 2.23. The monoisotopic (exact) mass is 301 g/mol. The minimum atomic E-state index is -0.138. The molecule has 1 heterocycles. The van der Waals surface area contributed by atoms with Crippen molar-refractivity contribution in [1.29, 1.82) is 0 Å². The first-order valence-corrected chi connectivity index (χ1v) is 6.47. The number of hydrogen-bond donors (Lipinski definition) is 4. The van der Waals surface area contributed by atoms with Gasteiger partial charge in [-0.25, -0.2) is 0 Å². The number of phenolic OH excluding ortho intramolecular Hbond substituents is 3. The average Bonchev–Trinajstić information content (AvgIpc) is 2.81. The Kier molecular flexibility index (Phi) is 3.11. The molecule has 4 N–H and O–H groups in total. The standard InChI is InChI=1S/C14H11N3O3S/c18-8-5-6-9(12(20)7-8)13-15-16-14(21)17(13)10-3-1-2-4-11(10)19/h1-7,18-20H,(H,16,21). The van der Waals surface area contributed by atoms with Crippen LogP contribution >= 0.6 is 12.2 Å². The molecule has 0 unspecified atom stereocenters. The zero-order chi connectivity index (χ0) is 15.0. The molecule has 0 amide bonds. The molecular weight excluding hydrogens is 290 g/mol. The van der Waals surface area contributed by atoms with Crippen LogP contribution in [0.15, 0.2) is 42.5 Å². The van der Waals surface area contributed by atoms with Gasteiger partial charge in [-0.2, -0.15) is 5.10 Å². The van der Waals surface area contributed by atoms with Crippen LogP contribution in [0.1, 0.15) is 0 Å². The summed E-state index contributed by atoms with van der Waals surface area (Å²) in [6.07, 6.45) is 0. The number of nitrogens with zero attached hydrogens (tertiary/aromatic N) is 2. The van der Waals surface area contributed by atoms with Crippen molar-refractivity contribution in [2.24, 2.45) is 0 Å². The van der Waals surface area contributed by atoms with Crippen molar-refractivity contribution in [3.8, 4) is 34.3 Å². The van der Waals surface area contributed by atoms with E-state index in [0.29, 0.717) is 17.1 Å². The van der Waals surface area contributed by atoms with Gasteiger partial charge in [0.1, 0.15) is 17.2 Å². The maximum absolute atomic E-state index is 9.98. The van der Waals surface area contributed by atoms with E-state index in [4.69, 9.17) is 12.2 Å². The predicted octanol–water partition coefficient (Wildman–Crippen LogP) is 2.71. The lowest BCUT2D eigenvalue weighted by atomic mass is 10.1. The zero-order valence-electron chi connectivity index (χ0n) is 10.7. The minimum absolute atomic E-state index is 0.0366. The largest absolute Gasteiger partial charge is 0.508 e. The first kappa shape index (κ1) is 13.2. The number of H-pyrrole nitrogens is 1. The van der Waals surface area contributed by atoms with Crippen LogP contribution in [-0.2, 0) is 0 Å². The Hall–Kier alpha value is -2.80. The van der Waals surface area contributed by atoms with Crippen molar-refractivity contribution in [3.05, 3.63) is 47.2 Å². The number of benzene rings is 2. The van der Waals surface area contributed by atoms with Crippen LogP contribution in [0.3, 0.4) is 0 Å². The van der Waals surface area contributed by atoms with E-state index < -0.39 is 0 Å². The summed E-state index contributed by atoms with van der Waals surface area (Å²) in [5.41, 5.74) is 0.821. The number of aromatic hydroxyl groups is 3. The topological polar surface area (TPSA) is 94.3 Å². The second-order valence-corrected chi connectivity index (χ2v) is 4.76. The summed E-state index contributed by atoms with van der Waals surface area (Å²) in [4.78, 5) is 0. The Balaban J connectivity index is 2.27. The summed E-state index contributed by atoms with van der Waals surface area (Å²) < 4.78 is 1.79. The van der Waals surface area contributed by atoms with Gasteiger partial charge in [-0.3, -0.25) is 9.67 Å². The van der Waals surface area contributed by atoms with E-state index in [1.165, 1.54) is 28.8 Å². The van der Waals surface area contributed by atoms with Crippen molar-refractivity contribution in [1.82, 2.24) is 14.8 Å². The van der Waals surface area contributed by atoms with Gasteiger partial charge in [-0.1, -0.05) is 12.1 Å². The van der Waals surface area contributed by atoms with Gasteiger partial charge in [0.25, 0.3) is 0 Å². The Bertz CT molecular complexity index is 870. The second kappa shape index (κ2) is 4.95. The molecule has 0 spiro atoms. The SMILES string of the molecule is Oc1ccc(-c2n[nH]c(=S)n2-c2ccccc2O)c(O)c1. The first-order chi connectivity index (χ1) is 10.1. The van der Waals surface area contributed by atoms with Crippen molar-refractivity contribution < 1.29 is 15.3 Å². The van der Waals surface area contributed by atoms with Gasteiger partial charge in [-0.15, -0.1) is 0 Å². The normalized spacial score (nSPS) is 10.7. The lowest BCUT2D eigenvalue weighted by molar-refractivity contribution is 0.451. The van der Waals surface area contributed by atoms with E-state index in [2.05, 4.69) is 10.2 Å². The highest BCUT2D eigenvalue weighted by Crippen LogP contribution is 2.33.